The summed E-state index contributed by atoms with van der Waals surface area (Å²) in [5, 5.41) is 14.0. The van der Waals surface area contributed by atoms with Crippen molar-refractivity contribution in [1.29, 1.82) is 0 Å². The molecular weight excluding hydrogens is 242 g/mol. The maximum Gasteiger partial charge on any atom is 0.294 e. The van der Waals surface area contributed by atoms with E-state index >= 15 is 0 Å². The Kier molecular flexibility index (Phi) is 4.93. The fourth-order valence-electron chi connectivity index (χ4n) is 1.35. The first kappa shape index (κ1) is 13.5. The van der Waals surface area contributed by atoms with Crippen molar-refractivity contribution in [2.24, 2.45) is 0 Å². The molecule has 1 rings (SSSR count). The first-order valence-electron chi connectivity index (χ1n) is 5.10. The highest BCUT2D eigenvalue weighted by Gasteiger charge is 2.15. The Morgan fingerprint density at radius 3 is 2.88 bits per heavy atom. The van der Waals surface area contributed by atoms with E-state index in [1.807, 2.05) is 13.1 Å². The number of benzene rings is 1. The molecule has 0 radical (unpaired) electrons. The Hall–Kier alpha value is -1.59. The van der Waals surface area contributed by atoms with Crippen LogP contribution in [0.5, 0.6) is 0 Å². The summed E-state index contributed by atoms with van der Waals surface area (Å²) < 4.78 is 0. The number of nitro groups is 1. The summed E-state index contributed by atoms with van der Waals surface area (Å²) in [7, 11) is 1.85. The van der Waals surface area contributed by atoms with Crippen LogP contribution in [0.25, 0.3) is 6.08 Å². The van der Waals surface area contributed by atoms with Crippen LogP contribution in [0.3, 0.4) is 0 Å². The molecule has 0 aliphatic carbocycles. The van der Waals surface area contributed by atoms with Gasteiger partial charge in [0.1, 0.15) is 5.69 Å². The monoisotopic (exact) mass is 255 g/mol. The zero-order chi connectivity index (χ0) is 12.8. The van der Waals surface area contributed by atoms with E-state index in [0.717, 1.165) is 13.0 Å². The van der Waals surface area contributed by atoms with Gasteiger partial charge >= 0.3 is 0 Å². The van der Waals surface area contributed by atoms with Crippen molar-refractivity contribution in [3.8, 4) is 0 Å². The summed E-state index contributed by atoms with van der Waals surface area (Å²) in [6.45, 7) is 0.832. The minimum atomic E-state index is -0.536. The third-order valence-corrected chi connectivity index (χ3v) is 2.43. The summed E-state index contributed by atoms with van der Waals surface area (Å²) in [6.07, 6.45) is 4.45. The van der Waals surface area contributed by atoms with Gasteiger partial charge in [-0.05, 0) is 26.1 Å². The standard InChI is InChI=1S/C11H14ClN3O2/c1-14-5-3-2-4-8-6-9(12)7-10(11(8)13)15(16)17/h2,4,6-7,14H,3,5,13H2,1H3. The number of anilines is 1. The molecule has 0 saturated carbocycles. The minimum absolute atomic E-state index is 0.139. The number of nitrogens with two attached hydrogens (primary N) is 1. The second kappa shape index (κ2) is 6.22. The van der Waals surface area contributed by atoms with Gasteiger partial charge in [-0.3, -0.25) is 10.1 Å². The number of hydrogen-bond donors (Lipinski definition) is 2. The molecule has 5 nitrogen and oxygen atoms in total. The molecule has 0 unspecified atom stereocenters. The average Bonchev–Trinajstić information content (AvgIpc) is 2.28. The predicted octanol–water partition coefficient (Wildman–Crippen LogP) is 2.45. The first-order valence-corrected chi connectivity index (χ1v) is 5.48. The second-order valence-corrected chi connectivity index (χ2v) is 3.92. The highest BCUT2D eigenvalue weighted by atomic mass is 35.5. The molecule has 0 spiro atoms. The molecule has 1 aromatic carbocycles. The molecule has 3 N–H and O–H groups in total. The molecule has 0 atom stereocenters. The molecule has 0 fully saturated rings. The van der Waals surface area contributed by atoms with Gasteiger partial charge in [-0.2, -0.15) is 0 Å². The van der Waals surface area contributed by atoms with Crippen LogP contribution in [0.1, 0.15) is 12.0 Å². The van der Waals surface area contributed by atoms with Crippen LogP contribution >= 0.6 is 11.6 Å². The van der Waals surface area contributed by atoms with Gasteiger partial charge in [0, 0.05) is 16.7 Å². The Morgan fingerprint density at radius 2 is 2.29 bits per heavy atom. The topological polar surface area (TPSA) is 81.2 Å². The Balaban J connectivity index is 2.99. The summed E-state index contributed by atoms with van der Waals surface area (Å²) in [4.78, 5) is 10.2. The lowest BCUT2D eigenvalue weighted by molar-refractivity contribution is -0.383. The number of halogens is 1. The van der Waals surface area contributed by atoms with Gasteiger partial charge in [0.2, 0.25) is 0 Å². The van der Waals surface area contributed by atoms with E-state index < -0.39 is 4.92 Å². The van der Waals surface area contributed by atoms with Crippen molar-refractivity contribution in [1.82, 2.24) is 5.32 Å². The van der Waals surface area contributed by atoms with Crippen LogP contribution in [0, 0.1) is 10.1 Å². The summed E-state index contributed by atoms with van der Waals surface area (Å²) >= 11 is 5.80. The van der Waals surface area contributed by atoms with Gasteiger partial charge in [-0.25, -0.2) is 0 Å². The molecule has 0 saturated heterocycles. The lowest BCUT2D eigenvalue weighted by Crippen LogP contribution is -2.05. The highest BCUT2D eigenvalue weighted by Crippen LogP contribution is 2.30. The maximum absolute atomic E-state index is 10.7. The van der Waals surface area contributed by atoms with Gasteiger partial charge in [-0.1, -0.05) is 23.8 Å². The molecule has 17 heavy (non-hydrogen) atoms. The Labute approximate surface area is 104 Å². The lowest BCUT2D eigenvalue weighted by Gasteiger charge is -2.03. The van der Waals surface area contributed by atoms with E-state index in [1.54, 1.807) is 12.1 Å². The molecule has 6 heteroatoms. The fraction of sp³-hybridized carbons (Fsp3) is 0.273. The van der Waals surface area contributed by atoms with Gasteiger partial charge in [0.25, 0.3) is 5.69 Å². The van der Waals surface area contributed by atoms with Gasteiger partial charge in [0.05, 0.1) is 4.92 Å². The average molecular weight is 256 g/mol. The van der Waals surface area contributed by atoms with E-state index in [4.69, 9.17) is 17.3 Å². The molecule has 92 valence electrons. The first-order chi connectivity index (χ1) is 8.06. The van der Waals surface area contributed by atoms with E-state index in [-0.39, 0.29) is 11.4 Å². The fourth-order valence-corrected chi connectivity index (χ4v) is 1.57. The van der Waals surface area contributed by atoms with Crippen molar-refractivity contribution in [2.75, 3.05) is 19.3 Å². The van der Waals surface area contributed by atoms with Crippen molar-refractivity contribution in [3.63, 3.8) is 0 Å². The molecule has 0 aromatic heterocycles. The largest absolute Gasteiger partial charge is 0.393 e. The minimum Gasteiger partial charge on any atom is -0.393 e. The number of nitrogens with zero attached hydrogens (tertiary/aromatic N) is 1. The number of rotatable bonds is 5. The highest BCUT2D eigenvalue weighted by molar-refractivity contribution is 6.31. The van der Waals surface area contributed by atoms with E-state index in [2.05, 4.69) is 5.32 Å². The molecular formula is C11H14ClN3O2. The van der Waals surface area contributed by atoms with Crippen LogP contribution in [-0.4, -0.2) is 18.5 Å². The predicted molar refractivity (Wildman–Crippen MR) is 70.1 cm³/mol. The van der Waals surface area contributed by atoms with Crippen molar-refractivity contribution >= 4 is 29.1 Å². The molecule has 0 bridgehead atoms. The third-order valence-electron chi connectivity index (χ3n) is 2.21. The maximum atomic E-state index is 10.7. The second-order valence-electron chi connectivity index (χ2n) is 3.48. The van der Waals surface area contributed by atoms with Gasteiger partial charge < -0.3 is 11.1 Å². The van der Waals surface area contributed by atoms with E-state index in [9.17, 15) is 10.1 Å². The lowest BCUT2D eigenvalue weighted by atomic mass is 10.1. The smallest absolute Gasteiger partial charge is 0.294 e. The molecule has 0 heterocycles. The van der Waals surface area contributed by atoms with E-state index in [0.29, 0.717) is 10.6 Å². The number of hydrogen-bond acceptors (Lipinski definition) is 4. The Bertz CT molecular complexity index is 447. The van der Waals surface area contributed by atoms with Crippen molar-refractivity contribution in [2.45, 2.75) is 6.42 Å². The SMILES string of the molecule is CNCCC=Cc1cc(Cl)cc([N+](=O)[O-])c1N. The molecule has 0 aliphatic heterocycles. The van der Waals surface area contributed by atoms with Crippen LogP contribution < -0.4 is 11.1 Å². The zero-order valence-corrected chi connectivity index (χ0v) is 10.2. The van der Waals surface area contributed by atoms with Gasteiger partial charge in [-0.15, -0.1) is 0 Å². The van der Waals surface area contributed by atoms with Crippen LogP contribution in [0.4, 0.5) is 11.4 Å². The van der Waals surface area contributed by atoms with Crippen molar-refractivity contribution < 1.29 is 4.92 Å². The summed E-state index contributed by atoms with van der Waals surface area (Å²) in [5.74, 6) is 0. The summed E-state index contributed by atoms with van der Waals surface area (Å²) in [5.41, 5.74) is 6.25. The Morgan fingerprint density at radius 1 is 1.59 bits per heavy atom. The number of nitro benzene ring substituents is 1. The molecule has 0 aliphatic rings. The normalized spacial score (nSPS) is 10.9. The van der Waals surface area contributed by atoms with Crippen LogP contribution in [0.2, 0.25) is 5.02 Å². The van der Waals surface area contributed by atoms with Gasteiger partial charge in [0.15, 0.2) is 0 Å². The number of nitrogen functional groups attached to an aromatic ring is 1. The van der Waals surface area contributed by atoms with Crippen LogP contribution in [-0.2, 0) is 0 Å². The summed E-state index contributed by atoms with van der Waals surface area (Å²) in [6, 6.07) is 2.86. The van der Waals surface area contributed by atoms with Crippen molar-refractivity contribution in [3.05, 3.63) is 38.9 Å². The molecule has 1 aromatic rings. The van der Waals surface area contributed by atoms with Crippen LogP contribution in [0.15, 0.2) is 18.2 Å². The zero-order valence-electron chi connectivity index (χ0n) is 9.44. The quantitative estimate of drug-likeness (QED) is 0.366. The molecule has 0 amide bonds. The van der Waals surface area contributed by atoms with E-state index in [1.165, 1.54) is 6.07 Å². The third kappa shape index (κ3) is 3.72. The number of nitrogens with one attached hydrogen (secondary N) is 1.